The largest absolute Gasteiger partial charge is 0.367 e. The van der Waals surface area contributed by atoms with Gasteiger partial charge in [0, 0.05) is 12.1 Å². The summed E-state index contributed by atoms with van der Waals surface area (Å²) in [5.74, 6) is 0.544. The van der Waals surface area contributed by atoms with E-state index in [2.05, 4.69) is 25.4 Å². The second-order valence-corrected chi connectivity index (χ2v) is 5.21. The van der Waals surface area contributed by atoms with Gasteiger partial charge in [0.25, 0.3) is 5.91 Å². The molecule has 1 amide bonds. The van der Waals surface area contributed by atoms with Crippen LogP contribution in [-0.2, 0) is 6.54 Å². The fourth-order valence-electron chi connectivity index (χ4n) is 2.01. The quantitative estimate of drug-likeness (QED) is 0.760. The van der Waals surface area contributed by atoms with Crippen LogP contribution in [0.3, 0.4) is 0 Å². The van der Waals surface area contributed by atoms with Gasteiger partial charge in [0.15, 0.2) is 0 Å². The summed E-state index contributed by atoms with van der Waals surface area (Å²) in [5.41, 5.74) is 7.16. The Bertz CT molecular complexity index is 621. The van der Waals surface area contributed by atoms with E-state index in [1.165, 1.54) is 0 Å². The molecule has 1 aromatic heterocycles. The van der Waals surface area contributed by atoms with Crippen LogP contribution in [0.4, 0.5) is 5.95 Å². The lowest BCUT2D eigenvalue weighted by Gasteiger charge is -2.13. The summed E-state index contributed by atoms with van der Waals surface area (Å²) >= 11 is 0. The van der Waals surface area contributed by atoms with Crippen molar-refractivity contribution < 1.29 is 4.79 Å². The standard InChI is InChI=1S/C14H20N6O/c1-9(12-17-14(15)19-18-12)16-13(21)11-6-4-5-10(7-11)8-20(2)3/h4-7,9H,8H2,1-3H3,(H,16,21)(H3,15,17,18,19)/t9-/m0/s1. The number of carbonyl (C=O) groups is 1. The summed E-state index contributed by atoms with van der Waals surface area (Å²) in [7, 11) is 3.98. The third kappa shape index (κ3) is 4.03. The Morgan fingerprint density at radius 2 is 2.24 bits per heavy atom. The lowest BCUT2D eigenvalue weighted by Crippen LogP contribution is -2.27. The van der Waals surface area contributed by atoms with Crippen LogP contribution in [0.5, 0.6) is 0 Å². The van der Waals surface area contributed by atoms with E-state index in [-0.39, 0.29) is 17.9 Å². The Balaban J connectivity index is 2.06. The third-order valence-corrected chi connectivity index (χ3v) is 2.97. The van der Waals surface area contributed by atoms with Crippen molar-refractivity contribution in [1.82, 2.24) is 25.4 Å². The molecule has 0 saturated heterocycles. The second-order valence-electron chi connectivity index (χ2n) is 5.21. The normalized spacial score (nSPS) is 12.4. The Hall–Kier alpha value is -2.41. The summed E-state index contributed by atoms with van der Waals surface area (Å²) in [6.45, 7) is 2.61. The van der Waals surface area contributed by atoms with Gasteiger partial charge in [0.2, 0.25) is 5.95 Å². The van der Waals surface area contributed by atoms with Crippen molar-refractivity contribution in [3.05, 3.63) is 41.2 Å². The molecule has 0 radical (unpaired) electrons. The first kappa shape index (κ1) is 15.0. The van der Waals surface area contributed by atoms with Gasteiger partial charge < -0.3 is 16.0 Å². The number of H-pyrrole nitrogens is 1. The van der Waals surface area contributed by atoms with Crippen LogP contribution in [0.2, 0.25) is 0 Å². The molecule has 0 aliphatic heterocycles. The number of rotatable bonds is 5. The zero-order valence-corrected chi connectivity index (χ0v) is 12.4. The highest BCUT2D eigenvalue weighted by atomic mass is 16.1. The number of aromatic amines is 1. The average molecular weight is 288 g/mol. The summed E-state index contributed by atoms with van der Waals surface area (Å²) < 4.78 is 0. The summed E-state index contributed by atoms with van der Waals surface area (Å²) in [5, 5.41) is 9.31. The number of nitrogens with two attached hydrogens (primary N) is 1. The van der Waals surface area contributed by atoms with E-state index in [9.17, 15) is 4.79 Å². The lowest BCUT2D eigenvalue weighted by atomic mass is 10.1. The van der Waals surface area contributed by atoms with Crippen molar-refractivity contribution in [3.63, 3.8) is 0 Å². The number of nitrogens with zero attached hydrogens (tertiary/aromatic N) is 3. The minimum atomic E-state index is -0.292. The van der Waals surface area contributed by atoms with Crippen molar-refractivity contribution in [1.29, 1.82) is 0 Å². The zero-order valence-electron chi connectivity index (χ0n) is 12.4. The van der Waals surface area contributed by atoms with Gasteiger partial charge in [0.05, 0.1) is 6.04 Å². The van der Waals surface area contributed by atoms with Crippen molar-refractivity contribution >= 4 is 11.9 Å². The molecule has 0 unspecified atom stereocenters. The van der Waals surface area contributed by atoms with E-state index in [1.54, 1.807) is 6.07 Å². The van der Waals surface area contributed by atoms with Gasteiger partial charge in [-0.3, -0.25) is 9.89 Å². The molecule has 1 atom stereocenters. The van der Waals surface area contributed by atoms with Crippen molar-refractivity contribution in [2.75, 3.05) is 19.8 Å². The first-order valence-electron chi connectivity index (χ1n) is 6.68. The number of nitrogens with one attached hydrogen (secondary N) is 2. The predicted molar refractivity (Wildman–Crippen MR) is 80.5 cm³/mol. The molecule has 2 aromatic rings. The van der Waals surface area contributed by atoms with Crippen LogP contribution in [-0.4, -0.2) is 40.1 Å². The molecule has 0 fully saturated rings. The van der Waals surface area contributed by atoms with Crippen molar-refractivity contribution in [3.8, 4) is 0 Å². The highest BCUT2D eigenvalue weighted by molar-refractivity contribution is 5.94. The maximum absolute atomic E-state index is 12.3. The molecule has 0 aliphatic rings. The smallest absolute Gasteiger partial charge is 0.251 e. The number of hydrogen-bond donors (Lipinski definition) is 3. The van der Waals surface area contributed by atoms with Gasteiger partial charge in [0.1, 0.15) is 5.82 Å². The van der Waals surface area contributed by atoms with Crippen LogP contribution in [0.25, 0.3) is 0 Å². The van der Waals surface area contributed by atoms with E-state index >= 15 is 0 Å². The molecule has 1 aromatic carbocycles. The molecule has 0 aliphatic carbocycles. The first-order chi connectivity index (χ1) is 9.95. The number of benzene rings is 1. The SMILES string of the molecule is C[C@H](NC(=O)c1cccc(CN(C)C)c1)c1nc(N)n[nH]1. The van der Waals surface area contributed by atoms with Gasteiger partial charge in [-0.05, 0) is 38.7 Å². The molecular formula is C14H20N6O. The monoisotopic (exact) mass is 288 g/mol. The lowest BCUT2D eigenvalue weighted by molar-refractivity contribution is 0.0938. The van der Waals surface area contributed by atoms with Crippen LogP contribution < -0.4 is 11.1 Å². The summed E-state index contributed by atoms with van der Waals surface area (Å²) in [4.78, 5) is 18.3. The number of amides is 1. The Morgan fingerprint density at radius 3 is 2.86 bits per heavy atom. The van der Waals surface area contributed by atoms with E-state index in [1.807, 2.05) is 39.2 Å². The maximum atomic E-state index is 12.3. The van der Waals surface area contributed by atoms with E-state index in [0.29, 0.717) is 11.4 Å². The molecule has 7 nitrogen and oxygen atoms in total. The van der Waals surface area contributed by atoms with Crippen LogP contribution in [0.1, 0.15) is 34.7 Å². The molecule has 4 N–H and O–H groups in total. The minimum Gasteiger partial charge on any atom is -0.367 e. The number of hydrogen-bond acceptors (Lipinski definition) is 5. The molecule has 0 saturated carbocycles. The fourth-order valence-corrected chi connectivity index (χ4v) is 2.01. The zero-order chi connectivity index (χ0) is 15.4. The molecule has 0 spiro atoms. The van der Waals surface area contributed by atoms with Gasteiger partial charge >= 0.3 is 0 Å². The highest BCUT2D eigenvalue weighted by Crippen LogP contribution is 2.11. The number of nitrogen functional groups attached to an aromatic ring is 1. The van der Waals surface area contributed by atoms with Gasteiger partial charge in [-0.25, -0.2) is 0 Å². The van der Waals surface area contributed by atoms with Crippen LogP contribution in [0, 0.1) is 0 Å². The maximum Gasteiger partial charge on any atom is 0.251 e. The van der Waals surface area contributed by atoms with Crippen molar-refractivity contribution in [2.24, 2.45) is 0 Å². The Morgan fingerprint density at radius 1 is 1.48 bits per heavy atom. The highest BCUT2D eigenvalue weighted by Gasteiger charge is 2.14. The molecular weight excluding hydrogens is 268 g/mol. The predicted octanol–water partition coefficient (Wildman–Crippen LogP) is 0.939. The van der Waals surface area contributed by atoms with E-state index in [0.717, 1.165) is 12.1 Å². The van der Waals surface area contributed by atoms with Crippen LogP contribution >= 0.6 is 0 Å². The Labute approximate surface area is 123 Å². The molecule has 0 bridgehead atoms. The van der Waals surface area contributed by atoms with Crippen molar-refractivity contribution in [2.45, 2.75) is 19.5 Å². The summed E-state index contributed by atoms with van der Waals surface area (Å²) in [6, 6.07) is 7.26. The second kappa shape index (κ2) is 6.36. The topological polar surface area (TPSA) is 99.9 Å². The number of carbonyl (C=O) groups excluding carboxylic acids is 1. The van der Waals surface area contributed by atoms with Gasteiger partial charge in [-0.1, -0.05) is 12.1 Å². The van der Waals surface area contributed by atoms with E-state index in [4.69, 9.17) is 5.73 Å². The van der Waals surface area contributed by atoms with Gasteiger partial charge in [-0.15, -0.1) is 5.10 Å². The molecule has 1 heterocycles. The molecule has 2 rings (SSSR count). The number of anilines is 1. The van der Waals surface area contributed by atoms with E-state index < -0.39 is 0 Å². The van der Waals surface area contributed by atoms with Crippen LogP contribution in [0.15, 0.2) is 24.3 Å². The molecule has 112 valence electrons. The summed E-state index contributed by atoms with van der Waals surface area (Å²) in [6.07, 6.45) is 0. The molecule has 21 heavy (non-hydrogen) atoms. The number of aromatic nitrogens is 3. The minimum absolute atomic E-state index is 0.155. The fraction of sp³-hybridized carbons (Fsp3) is 0.357. The van der Waals surface area contributed by atoms with Gasteiger partial charge in [-0.2, -0.15) is 4.98 Å². The average Bonchev–Trinajstić information content (AvgIpc) is 2.85. The third-order valence-electron chi connectivity index (χ3n) is 2.97. The Kier molecular flexibility index (Phi) is 4.54. The first-order valence-corrected chi connectivity index (χ1v) is 6.68. The molecule has 7 heteroatoms.